The number of methoxy groups -OCH3 is 1. The van der Waals surface area contributed by atoms with Crippen molar-refractivity contribution in [1.82, 2.24) is 0 Å². The van der Waals surface area contributed by atoms with Crippen LogP contribution in [0.4, 0.5) is 0 Å². The fourth-order valence-electron chi connectivity index (χ4n) is 1.48. The molecule has 0 aliphatic heterocycles. The van der Waals surface area contributed by atoms with Gasteiger partial charge in [-0.1, -0.05) is 26.0 Å². The van der Waals surface area contributed by atoms with Crippen LogP contribution < -0.4 is 9.47 Å². The Bertz CT molecular complexity index is 426. The Balaban J connectivity index is 2.87. The van der Waals surface area contributed by atoms with Crippen molar-refractivity contribution in [3.05, 3.63) is 36.4 Å². The molecule has 0 amide bonds. The highest BCUT2D eigenvalue weighted by molar-refractivity contribution is 5.92. The van der Waals surface area contributed by atoms with Crippen LogP contribution in [0.1, 0.15) is 30.1 Å². The fraction of sp³-hybridized carbons (Fsp3) is 0.400. The minimum Gasteiger partial charge on any atom is -0.494 e. The summed E-state index contributed by atoms with van der Waals surface area (Å²) in [6, 6.07) is 5.12. The first-order valence-electron chi connectivity index (χ1n) is 6.31. The van der Waals surface area contributed by atoms with E-state index < -0.39 is 5.97 Å². The lowest BCUT2D eigenvalue weighted by molar-refractivity contribution is 0.0596. The first kappa shape index (κ1) is 15.1. The van der Waals surface area contributed by atoms with Crippen LogP contribution >= 0.6 is 0 Å². The molecular formula is C15H20O4. The molecule has 0 spiro atoms. The van der Waals surface area contributed by atoms with Crippen LogP contribution in [0.5, 0.6) is 11.5 Å². The van der Waals surface area contributed by atoms with Crippen molar-refractivity contribution in [2.45, 2.75) is 19.8 Å². The minimum absolute atomic E-state index is 0.333. The second-order valence-electron chi connectivity index (χ2n) is 3.95. The third-order valence-electron chi connectivity index (χ3n) is 2.48. The second-order valence-corrected chi connectivity index (χ2v) is 3.95. The zero-order valence-electron chi connectivity index (χ0n) is 11.5. The lowest BCUT2D eigenvalue weighted by Crippen LogP contribution is -2.07. The lowest BCUT2D eigenvalue weighted by Gasteiger charge is -2.11. The van der Waals surface area contributed by atoms with Gasteiger partial charge in [0.2, 0.25) is 0 Å². The van der Waals surface area contributed by atoms with Crippen LogP contribution in [0.2, 0.25) is 0 Å². The fourth-order valence-corrected chi connectivity index (χ4v) is 1.48. The van der Waals surface area contributed by atoms with Gasteiger partial charge in [-0.05, 0) is 24.6 Å². The maximum absolute atomic E-state index is 11.7. The Labute approximate surface area is 114 Å². The quantitative estimate of drug-likeness (QED) is 0.411. The molecular weight excluding hydrogens is 244 g/mol. The highest BCUT2D eigenvalue weighted by Gasteiger charge is 2.14. The number of carbonyl (C=O) groups excluding carboxylic acids is 1. The molecule has 1 aromatic carbocycles. The minimum atomic E-state index is -0.444. The van der Waals surface area contributed by atoms with Crippen LogP contribution in [0.3, 0.4) is 0 Å². The molecule has 0 N–H and O–H groups in total. The Kier molecular flexibility index (Phi) is 6.50. The van der Waals surface area contributed by atoms with Gasteiger partial charge in [0.05, 0.1) is 13.7 Å². The second kappa shape index (κ2) is 8.19. The van der Waals surface area contributed by atoms with Gasteiger partial charge in [0, 0.05) is 0 Å². The lowest BCUT2D eigenvalue weighted by atomic mass is 10.2. The topological polar surface area (TPSA) is 44.8 Å². The summed E-state index contributed by atoms with van der Waals surface area (Å²) in [5.41, 5.74) is 0.360. The molecule has 0 aliphatic rings. The van der Waals surface area contributed by atoms with Crippen molar-refractivity contribution in [3.8, 4) is 11.5 Å². The van der Waals surface area contributed by atoms with E-state index in [9.17, 15) is 4.79 Å². The summed E-state index contributed by atoms with van der Waals surface area (Å²) in [5.74, 6) is 0.661. The summed E-state index contributed by atoms with van der Waals surface area (Å²) in [5, 5.41) is 0. The van der Waals surface area contributed by atoms with Gasteiger partial charge < -0.3 is 14.2 Å². The average molecular weight is 264 g/mol. The van der Waals surface area contributed by atoms with Gasteiger partial charge in [-0.3, -0.25) is 0 Å². The molecule has 0 bridgehead atoms. The molecule has 0 saturated carbocycles. The molecule has 0 unspecified atom stereocenters. The van der Waals surface area contributed by atoms with E-state index >= 15 is 0 Å². The standard InChI is InChI=1S/C15H20O4/c1-4-6-10-18-12-7-8-14(19-9-5-2)13(11-12)15(16)17-3/h5,7-8,11H,2,4,6,9-10H2,1,3H3. The molecule has 104 valence electrons. The highest BCUT2D eigenvalue weighted by Crippen LogP contribution is 2.25. The van der Waals surface area contributed by atoms with E-state index in [-0.39, 0.29) is 0 Å². The van der Waals surface area contributed by atoms with E-state index in [4.69, 9.17) is 14.2 Å². The van der Waals surface area contributed by atoms with Crippen LogP contribution in [-0.2, 0) is 4.74 Å². The first-order valence-corrected chi connectivity index (χ1v) is 6.31. The molecule has 0 radical (unpaired) electrons. The smallest absolute Gasteiger partial charge is 0.341 e. The molecule has 0 atom stereocenters. The van der Waals surface area contributed by atoms with Crippen LogP contribution in [0.15, 0.2) is 30.9 Å². The molecule has 4 nitrogen and oxygen atoms in total. The summed E-state index contributed by atoms with van der Waals surface area (Å²) >= 11 is 0. The monoisotopic (exact) mass is 264 g/mol. The maximum Gasteiger partial charge on any atom is 0.341 e. The molecule has 1 aromatic rings. The Hall–Kier alpha value is -1.97. The van der Waals surface area contributed by atoms with Crippen molar-refractivity contribution in [2.75, 3.05) is 20.3 Å². The zero-order valence-corrected chi connectivity index (χ0v) is 11.5. The SMILES string of the molecule is C=CCOc1ccc(OCCCC)cc1C(=O)OC. The number of esters is 1. The molecule has 0 aliphatic carbocycles. The van der Waals surface area contributed by atoms with Gasteiger partial charge in [0.1, 0.15) is 23.7 Å². The molecule has 0 fully saturated rings. The van der Waals surface area contributed by atoms with Crippen LogP contribution in [0.25, 0.3) is 0 Å². The normalized spacial score (nSPS) is 9.79. The van der Waals surface area contributed by atoms with E-state index in [0.717, 1.165) is 12.8 Å². The molecule has 0 saturated heterocycles. The molecule has 0 heterocycles. The molecule has 4 heteroatoms. The van der Waals surface area contributed by atoms with Crippen molar-refractivity contribution in [1.29, 1.82) is 0 Å². The van der Waals surface area contributed by atoms with E-state index in [1.54, 1.807) is 24.3 Å². The number of ether oxygens (including phenoxy) is 3. The van der Waals surface area contributed by atoms with Crippen LogP contribution in [-0.4, -0.2) is 26.3 Å². The van der Waals surface area contributed by atoms with Gasteiger partial charge in [0.15, 0.2) is 0 Å². The third-order valence-corrected chi connectivity index (χ3v) is 2.48. The largest absolute Gasteiger partial charge is 0.494 e. The number of hydrogen-bond acceptors (Lipinski definition) is 4. The van der Waals surface area contributed by atoms with Gasteiger partial charge in [0.25, 0.3) is 0 Å². The van der Waals surface area contributed by atoms with Gasteiger partial charge in [-0.25, -0.2) is 4.79 Å². The Morgan fingerprint density at radius 2 is 2.16 bits per heavy atom. The van der Waals surface area contributed by atoms with Crippen molar-refractivity contribution in [3.63, 3.8) is 0 Å². The molecule has 0 aromatic heterocycles. The Morgan fingerprint density at radius 3 is 2.79 bits per heavy atom. The summed E-state index contributed by atoms with van der Waals surface area (Å²) in [4.78, 5) is 11.7. The maximum atomic E-state index is 11.7. The van der Waals surface area contributed by atoms with E-state index in [0.29, 0.717) is 30.3 Å². The third kappa shape index (κ3) is 4.66. The number of rotatable bonds is 8. The summed E-state index contributed by atoms with van der Waals surface area (Å²) < 4.78 is 15.7. The van der Waals surface area contributed by atoms with Crippen LogP contribution in [0, 0.1) is 0 Å². The number of hydrogen-bond donors (Lipinski definition) is 0. The highest BCUT2D eigenvalue weighted by atomic mass is 16.5. The Morgan fingerprint density at radius 1 is 1.37 bits per heavy atom. The zero-order chi connectivity index (χ0) is 14.1. The predicted octanol–water partition coefficient (Wildman–Crippen LogP) is 3.22. The van der Waals surface area contributed by atoms with Gasteiger partial charge in [-0.2, -0.15) is 0 Å². The van der Waals surface area contributed by atoms with Gasteiger partial charge >= 0.3 is 5.97 Å². The van der Waals surface area contributed by atoms with E-state index in [1.807, 2.05) is 0 Å². The first-order chi connectivity index (χ1) is 9.22. The van der Waals surface area contributed by atoms with Crippen molar-refractivity contribution >= 4 is 5.97 Å². The summed E-state index contributed by atoms with van der Waals surface area (Å²) in [6.45, 7) is 6.63. The van der Waals surface area contributed by atoms with Crippen molar-refractivity contribution < 1.29 is 19.0 Å². The summed E-state index contributed by atoms with van der Waals surface area (Å²) in [6.07, 6.45) is 3.65. The average Bonchev–Trinajstić information content (AvgIpc) is 2.45. The summed E-state index contributed by atoms with van der Waals surface area (Å²) in [7, 11) is 1.34. The van der Waals surface area contributed by atoms with Gasteiger partial charge in [-0.15, -0.1) is 0 Å². The number of carbonyl (C=O) groups is 1. The molecule has 1 rings (SSSR count). The molecule has 19 heavy (non-hydrogen) atoms. The predicted molar refractivity (Wildman–Crippen MR) is 73.9 cm³/mol. The van der Waals surface area contributed by atoms with Crippen molar-refractivity contribution in [2.24, 2.45) is 0 Å². The number of unbranched alkanes of at least 4 members (excludes halogenated alkanes) is 1. The number of benzene rings is 1. The van der Waals surface area contributed by atoms with E-state index in [1.165, 1.54) is 7.11 Å². The van der Waals surface area contributed by atoms with E-state index in [2.05, 4.69) is 13.5 Å².